The van der Waals surface area contributed by atoms with E-state index in [1.807, 2.05) is 13.0 Å². The number of non-ortho nitro benzene ring substituents is 1. The Morgan fingerprint density at radius 1 is 1.15 bits per heavy atom. The van der Waals surface area contributed by atoms with Crippen molar-refractivity contribution in [3.8, 4) is 11.5 Å². The standard InChI is InChI=1S/C19H19N3O5/c1-2-26-17-7-3-4-8-18(17)27-14-19(23)21-20-13-5-6-15-9-11-16(12-10-15)22(24)25/h3-13H,2,14H2,1H3,(H,21,23)/b6-5+,20-13+. The maximum atomic E-state index is 11.7. The SMILES string of the molecule is CCOc1ccccc1OCC(=O)N/N=C/C=C/c1ccc([N+](=O)[O-])cc1. The third kappa shape index (κ3) is 6.62. The van der Waals surface area contributed by atoms with E-state index >= 15 is 0 Å². The lowest BCUT2D eigenvalue weighted by molar-refractivity contribution is -0.384. The van der Waals surface area contributed by atoms with Gasteiger partial charge in [-0.1, -0.05) is 18.2 Å². The van der Waals surface area contributed by atoms with Crippen LogP contribution >= 0.6 is 0 Å². The number of benzene rings is 2. The number of para-hydroxylation sites is 2. The van der Waals surface area contributed by atoms with Gasteiger partial charge in [0, 0.05) is 18.3 Å². The van der Waals surface area contributed by atoms with Crippen LogP contribution in [0.15, 0.2) is 59.7 Å². The van der Waals surface area contributed by atoms with E-state index in [2.05, 4.69) is 10.5 Å². The summed E-state index contributed by atoms with van der Waals surface area (Å²) in [4.78, 5) is 21.9. The zero-order valence-electron chi connectivity index (χ0n) is 14.7. The Morgan fingerprint density at radius 2 is 1.81 bits per heavy atom. The summed E-state index contributed by atoms with van der Waals surface area (Å²) in [5.74, 6) is 0.639. The van der Waals surface area contributed by atoms with E-state index in [4.69, 9.17) is 9.47 Å². The minimum atomic E-state index is -0.459. The molecule has 0 unspecified atom stereocenters. The molecule has 8 nitrogen and oxygen atoms in total. The van der Waals surface area contributed by atoms with Crippen LogP contribution in [0.5, 0.6) is 11.5 Å². The first kappa shape index (κ1) is 19.6. The number of nitrogens with one attached hydrogen (secondary N) is 1. The van der Waals surface area contributed by atoms with Crippen molar-refractivity contribution in [3.63, 3.8) is 0 Å². The van der Waals surface area contributed by atoms with Crippen molar-refractivity contribution < 1.29 is 19.2 Å². The monoisotopic (exact) mass is 369 g/mol. The highest BCUT2D eigenvalue weighted by atomic mass is 16.6. The smallest absolute Gasteiger partial charge is 0.277 e. The van der Waals surface area contributed by atoms with Crippen molar-refractivity contribution in [2.75, 3.05) is 13.2 Å². The van der Waals surface area contributed by atoms with Gasteiger partial charge in [-0.2, -0.15) is 5.10 Å². The molecule has 0 saturated heterocycles. The molecule has 0 aliphatic heterocycles. The molecule has 0 aromatic heterocycles. The van der Waals surface area contributed by atoms with Gasteiger partial charge in [0.2, 0.25) is 0 Å². The van der Waals surface area contributed by atoms with Gasteiger partial charge < -0.3 is 9.47 Å². The van der Waals surface area contributed by atoms with Crippen molar-refractivity contribution in [1.82, 2.24) is 5.43 Å². The van der Waals surface area contributed by atoms with Crippen molar-refractivity contribution >= 4 is 23.9 Å². The summed E-state index contributed by atoms with van der Waals surface area (Å²) >= 11 is 0. The maximum Gasteiger partial charge on any atom is 0.277 e. The molecule has 0 bridgehead atoms. The summed E-state index contributed by atoms with van der Waals surface area (Å²) in [5.41, 5.74) is 3.14. The lowest BCUT2D eigenvalue weighted by Crippen LogP contribution is -2.24. The molecule has 0 saturated carbocycles. The Hall–Kier alpha value is -3.68. The molecule has 0 radical (unpaired) electrons. The Kier molecular flexibility index (Phi) is 7.52. The van der Waals surface area contributed by atoms with Gasteiger partial charge in [-0.25, -0.2) is 5.43 Å². The Morgan fingerprint density at radius 3 is 2.44 bits per heavy atom. The molecule has 2 aromatic rings. The highest BCUT2D eigenvalue weighted by Crippen LogP contribution is 2.26. The van der Waals surface area contributed by atoms with Crippen LogP contribution < -0.4 is 14.9 Å². The number of allylic oxidation sites excluding steroid dienone is 1. The first-order valence-electron chi connectivity index (χ1n) is 8.18. The van der Waals surface area contributed by atoms with Gasteiger partial charge in [0.25, 0.3) is 11.6 Å². The quantitative estimate of drug-likeness (QED) is 0.415. The van der Waals surface area contributed by atoms with Crippen LogP contribution in [0.1, 0.15) is 12.5 Å². The minimum Gasteiger partial charge on any atom is -0.490 e. The largest absolute Gasteiger partial charge is 0.490 e. The molecule has 0 atom stereocenters. The van der Waals surface area contributed by atoms with Gasteiger partial charge >= 0.3 is 0 Å². The number of hydrogen-bond acceptors (Lipinski definition) is 6. The maximum absolute atomic E-state index is 11.7. The second kappa shape index (κ2) is 10.3. The van der Waals surface area contributed by atoms with Crippen LogP contribution in [-0.2, 0) is 4.79 Å². The number of amides is 1. The molecule has 0 fully saturated rings. The molecule has 2 rings (SSSR count). The normalized spacial score (nSPS) is 10.9. The van der Waals surface area contributed by atoms with E-state index < -0.39 is 10.8 Å². The van der Waals surface area contributed by atoms with Gasteiger partial charge in [-0.05, 0) is 42.8 Å². The molecule has 1 amide bonds. The molecule has 8 heteroatoms. The van der Waals surface area contributed by atoms with Crippen LogP contribution in [0.4, 0.5) is 5.69 Å². The number of nitrogens with zero attached hydrogens (tertiary/aromatic N) is 2. The molecule has 140 valence electrons. The zero-order valence-corrected chi connectivity index (χ0v) is 14.7. The summed E-state index contributed by atoms with van der Waals surface area (Å²) in [6.45, 7) is 2.16. The summed E-state index contributed by atoms with van der Waals surface area (Å²) in [7, 11) is 0. The zero-order chi connectivity index (χ0) is 19.5. The van der Waals surface area contributed by atoms with E-state index in [9.17, 15) is 14.9 Å². The van der Waals surface area contributed by atoms with E-state index in [0.717, 1.165) is 5.56 Å². The third-order valence-corrected chi connectivity index (χ3v) is 3.25. The molecular weight excluding hydrogens is 350 g/mol. The Bertz CT molecular complexity index is 831. The fraction of sp³-hybridized carbons (Fsp3) is 0.158. The predicted molar refractivity (Wildman–Crippen MR) is 102 cm³/mol. The summed E-state index contributed by atoms with van der Waals surface area (Å²) in [5, 5.41) is 14.4. The summed E-state index contributed by atoms with van der Waals surface area (Å²) < 4.78 is 10.8. The van der Waals surface area contributed by atoms with E-state index in [1.54, 1.807) is 42.5 Å². The Labute approximate surface area is 156 Å². The predicted octanol–water partition coefficient (Wildman–Crippen LogP) is 3.19. The van der Waals surface area contributed by atoms with Crippen molar-refractivity contribution in [2.45, 2.75) is 6.92 Å². The number of rotatable bonds is 9. The number of ether oxygens (including phenoxy) is 2. The second-order valence-corrected chi connectivity index (χ2v) is 5.19. The number of hydrazone groups is 1. The van der Waals surface area contributed by atoms with E-state index in [1.165, 1.54) is 18.3 Å². The first-order chi connectivity index (χ1) is 13.1. The number of hydrogen-bond donors (Lipinski definition) is 1. The number of nitro groups is 1. The fourth-order valence-electron chi connectivity index (χ4n) is 2.03. The van der Waals surface area contributed by atoms with Gasteiger partial charge in [0.15, 0.2) is 18.1 Å². The van der Waals surface area contributed by atoms with Crippen molar-refractivity contribution in [3.05, 3.63) is 70.3 Å². The van der Waals surface area contributed by atoms with Gasteiger partial charge in [-0.15, -0.1) is 0 Å². The number of nitro benzene ring substituents is 1. The molecule has 1 N–H and O–H groups in total. The van der Waals surface area contributed by atoms with Crippen LogP contribution in [0.3, 0.4) is 0 Å². The molecule has 0 heterocycles. The van der Waals surface area contributed by atoms with Crippen LogP contribution in [0, 0.1) is 10.1 Å². The highest BCUT2D eigenvalue weighted by molar-refractivity contribution is 5.82. The topological polar surface area (TPSA) is 103 Å². The minimum absolute atomic E-state index is 0.0268. The van der Waals surface area contributed by atoms with Gasteiger partial charge in [-0.3, -0.25) is 14.9 Å². The average Bonchev–Trinajstić information content (AvgIpc) is 2.67. The molecular formula is C19H19N3O5. The number of carbonyl (C=O) groups is 1. The van der Waals surface area contributed by atoms with Crippen LogP contribution in [0.25, 0.3) is 6.08 Å². The first-order valence-corrected chi connectivity index (χ1v) is 8.18. The molecule has 0 aliphatic rings. The van der Waals surface area contributed by atoms with Gasteiger partial charge in [0.05, 0.1) is 11.5 Å². The second-order valence-electron chi connectivity index (χ2n) is 5.19. The summed E-state index contributed by atoms with van der Waals surface area (Å²) in [6, 6.07) is 13.1. The molecule has 27 heavy (non-hydrogen) atoms. The third-order valence-electron chi connectivity index (χ3n) is 3.25. The average molecular weight is 369 g/mol. The summed E-state index contributed by atoms with van der Waals surface area (Å²) in [6.07, 6.45) is 4.70. The van der Waals surface area contributed by atoms with E-state index in [0.29, 0.717) is 18.1 Å². The number of carbonyl (C=O) groups excluding carboxylic acids is 1. The highest BCUT2D eigenvalue weighted by Gasteiger charge is 2.06. The lowest BCUT2D eigenvalue weighted by Gasteiger charge is -2.10. The molecule has 0 spiro atoms. The van der Waals surface area contributed by atoms with Gasteiger partial charge in [0.1, 0.15) is 0 Å². The lowest BCUT2D eigenvalue weighted by atomic mass is 10.2. The fourth-order valence-corrected chi connectivity index (χ4v) is 2.03. The Balaban J connectivity index is 1.77. The van der Waals surface area contributed by atoms with Crippen molar-refractivity contribution in [2.24, 2.45) is 5.10 Å². The van der Waals surface area contributed by atoms with E-state index in [-0.39, 0.29) is 12.3 Å². The molecule has 0 aliphatic carbocycles. The molecule has 2 aromatic carbocycles. The van der Waals surface area contributed by atoms with Crippen LogP contribution in [-0.4, -0.2) is 30.3 Å². The van der Waals surface area contributed by atoms with Crippen molar-refractivity contribution in [1.29, 1.82) is 0 Å². The van der Waals surface area contributed by atoms with Crippen LogP contribution in [0.2, 0.25) is 0 Å².